The van der Waals surface area contributed by atoms with Crippen LogP contribution in [0.2, 0.25) is 0 Å². The summed E-state index contributed by atoms with van der Waals surface area (Å²) in [7, 11) is 0. The third-order valence-corrected chi connectivity index (χ3v) is 6.42. The summed E-state index contributed by atoms with van der Waals surface area (Å²) in [5, 5.41) is 20.9. The van der Waals surface area contributed by atoms with E-state index in [1.807, 2.05) is 0 Å². The van der Waals surface area contributed by atoms with Gasteiger partial charge in [-0.2, -0.15) is 18.3 Å². The average molecular weight is 546 g/mol. The summed E-state index contributed by atoms with van der Waals surface area (Å²) < 4.78 is 67.9. The summed E-state index contributed by atoms with van der Waals surface area (Å²) in [4.78, 5) is 16.8. The van der Waals surface area contributed by atoms with Gasteiger partial charge in [0, 0.05) is 29.3 Å². The van der Waals surface area contributed by atoms with Crippen molar-refractivity contribution in [2.24, 2.45) is 0 Å². The van der Waals surface area contributed by atoms with Crippen molar-refractivity contribution in [3.8, 4) is 11.3 Å². The Hall–Kier alpha value is -4.06. The van der Waals surface area contributed by atoms with E-state index in [9.17, 15) is 31.9 Å². The van der Waals surface area contributed by atoms with E-state index in [2.05, 4.69) is 20.7 Å². The molecule has 1 saturated carbocycles. The minimum atomic E-state index is -4.41. The molecule has 0 bridgehead atoms. The number of hydrogen-bond acceptors (Lipinski definition) is 5. The summed E-state index contributed by atoms with van der Waals surface area (Å²) >= 11 is 0. The number of carbonyl (C=O) groups is 1. The maximum absolute atomic E-state index is 14.4. The Morgan fingerprint density at radius 3 is 2.62 bits per heavy atom. The van der Waals surface area contributed by atoms with Crippen LogP contribution in [-0.4, -0.2) is 44.4 Å². The summed E-state index contributed by atoms with van der Waals surface area (Å²) in [5.74, 6) is -1.84. The number of benzene rings is 2. The molecule has 2 heterocycles. The molecular formula is C27H24F5N5O2. The first-order chi connectivity index (χ1) is 18.5. The molecule has 1 aliphatic rings. The molecule has 1 unspecified atom stereocenters. The van der Waals surface area contributed by atoms with Gasteiger partial charge in [-0.3, -0.25) is 4.79 Å². The highest BCUT2D eigenvalue weighted by Crippen LogP contribution is 2.31. The quantitative estimate of drug-likeness (QED) is 0.261. The van der Waals surface area contributed by atoms with E-state index in [0.717, 1.165) is 31.0 Å². The van der Waals surface area contributed by atoms with E-state index in [4.69, 9.17) is 0 Å². The number of aliphatic hydroxyl groups is 1. The summed E-state index contributed by atoms with van der Waals surface area (Å²) in [6.45, 7) is 1.28. The fourth-order valence-electron chi connectivity index (χ4n) is 4.24. The van der Waals surface area contributed by atoms with Crippen LogP contribution in [0.5, 0.6) is 0 Å². The molecule has 7 nitrogen and oxygen atoms in total. The largest absolute Gasteiger partial charge is 0.390 e. The number of fused-ring (bicyclic) bond motifs is 1. The minimum absolute atomic E-state index is 0.114. The first-order valence-corrected chi connectivity index (χ1v) is 12.2. The molecule has 3 N–H and O–H groups in total. The Labute approximate surface area is 219 Å². The van der Waals surface area contributed by atoms with E-state index < -0.39 is 36.9 Å². The zero-order valence-corrected chi connectivity index (χ0v) is 20.7. The summed E-state index contributed by atoms with van der Waals surface area (Å²) in [6, 6.07) is 9.13. The minimum Gasteiger partial charge on any atom is -0.382 e. The van der Waals surface area contributed by atoms with Crippen molar-refractivity contribution < 1.29 is 31.9 Å². The van der Waals surface area contributed by atoms with Crippen LogP contribution in [0.1, 0.15) is 52.5 Å². The Morgan fingerprint density at radius 1 is 1.15 bits per heavy atom. The highest BCUT2D eigenvalue weighted by molar-refractivity contribution is 5.96. The maximum Gasteiger partial charge on any atom is 0.390 e. The van der Waals surface area contributed by atoms with Gasteiger partial charge in [-0.1, -0.05) is 6.07 Å². The molecule has 1 aliphatic carbocycles. The SMILES string of the molecule is Cc1cc(-c2cnc3c(NCCC(F)(F)F)cc(C(O)c4cc(F)ccc4F)nn23)ccc1C(=O)NC1CC1. The Balaban J connectivity index is 1.56. The van der Waals surface area contributed by atoms with Crippen LogP contribution in [0, 0.1) is 18.6 Å². The van der Waals surface area contributed by atoms with E-state index >= 15 is 0 Å². The third kappa shape index (κ3) is 5.85. The van der Waals surface area contributed by atoms with Gasteiger partial charge in [0.1, 0.15) is 17.7 Å². The van der Waals surface area contributed by atoms with Crippen LogP contribution in [0.4, 0.5) is 27.6 Å². The van der Waals surface area contributed by atoms with Crippen molar-refractivity contribution >= 4 is 17.2 Å². The average Bonchev–Trinajstić information content (AvgIpc) is 3.58. The number of aromatic nitrogens is 3. The number of amides is 1. The molecule has 0 saturated heterocycles. The zero-order valence-electron chi connectivity index (χ0n) is 20.7. The van der Waals surface area contributed by atoms with Crippen molar-refractivity contribution in [3.63, 3.8) is 0 Å². The van der Waals surface area contributed by atoms with Crippen LogP contribution in [-0.2, 0) is 0 Å². The van der Waals surface area contributed by atoms with Gasteiger partial charge in [0.15, 0.2) is 5.65 Å². The molecule has 4 aromatic rings. The van der Waals surface area contributed by atoms with Gasteiger partial charge in [-0.05, 0) is 61.7 Å². The van der Waals surface area contributed by atoms with Crippen LogP contribution in [0.3, 0.4) is 0 Å². The van der Waals surface area contributed by atoms with E-state index in [0.29, 0.717) is 22.4 Å². The number of imidazole rings is 1. The Kier molecular flexibility index (Phi) is 6.98. The summed E-state index contributed by atoms with van der Waals surface area (Å²) in [5.41, 5.74) is 1.95. The molecule has 1 amide bonds. The number of nitrogens with one attached hydrogen (secondary N) is 2. The van der Waals surface area contributed by atoms with Gasteiger partial charge in [0.2, 0.25) is 0 Å². The molecule has 0 spiro atoms. The highest BCUT2D eigenvalue weighted by atomic mass is 19.4. The second-order valence-electron chi connectivity index (χ2n) is 9.50. The topological polar surface area (TPSA) is 91.6 Å². The normalized spacial score (nSPS) is 14.4. The molecule has 2 aromatic carbocycles. The third-order valence-electron chi connectivity index (χ3n) is 6.42. The molecule has 12 heteroatoms. The molecule has 1 fully saturated rings. The number of alkyl halides is 3. The van der Waals surface area contributed by atoms with Crippen LogP contribution >= 0.6 is 0 Å². The molecule has 39 heavy (non-hydrogen) atoms. The smallest absolute Gasteiger partial charge is 0.382 e. The number of aliphatic hydroxyl groups excluding tert-OH is 1. The number of halogens is 5. The van der Waals surface area contributed by atoms with Crippen molar-refractivity contribution in [1.29, 1.82) is 0 Å². The second kappa shape index (κ2) is 10.3. The molecular weight excluding hydrogens is 521 g/mol. The Morgan fingerprint density at radius 2 is 1.92 bits per heavy atom. The standard InChI is InChI=1S/C27H24F5N5O2/c1-14-10-15(2-6-18(14)26(39)35-17-4-5-17)23-13-34-25-22(33-9-8-27(30,31)32)12-21(36-37(23)25)24(38)19-11-16(28)3-7-20(19)29/h2-3,6-7,10-13,17,24,33,38H,4-5,8-9H2,1H3,(H,35,39). The lowest BCUT2D eigenvalue weighted by Crippen LogP contribution is -2.26. The van der Waals surface area contributed by atoms with Gasteiger partial charge in [0.25, 0.3) is 5.91 Å². The predicted octanol–water partition coefficient (Wildman–Crippen LogP) is 5.32. The monoisotopic (exact) mass is 545 g/mol. The lowest BCUT2D eigenvalue weighted by molar-refractivity contribution is -0.131. The van der Waals surface area contributed by atoms with Gasteiger partial charge in [-0.25, -0.2) is 18.3 Å². The molecule has 0 radical (unpaired) electrons. The van der Waals surface area contributed by atoms with Gasteiger partial charge in [0.05, 0.1) is 29.7 Å². The number of rotatable bonds is 8. The predicted molar refractivity (Wildman–Crippen MR) is 133 cm³/mol. The Bertz CT molecular complexity index is 1550. The number of carbonyl (C=O) groups excluding carboxylic acids is 1. The molecule has 5 rings (SSSR count). The number of nitrogens with zero attached hydrogens (tertiary/aromatic N) is 3. The number of anilines is 1. The van der Waals surface area contributed by atoms with E-state index in [-0.39, 0.29) is 34.5 Å². The molecule has 1 atom stereocenters. The zero-order chi connectivity index (χ0) is 27.9. The van der Waals surface area contributed by atoms with Crippen molar-refractivity contribution in [2.45, 2.75) is 44.5 Å². The molecule has 0 aliphatic heterocycles. The van der Waals surface area contributed by atoms with E-state index in [1.54, 1.807) is 25.1 Å². The first kappa shape index (κ1) is 26.5. The lowest BCUT2D eigenvalue weighted by Gasteiger charge is -2.16. The summed E-state index contributed by atoms with van der Waals surface area (Å²) in [6.07, 6.45) is -3.91. The van der Waals surface area contributed by atoms with Crippen LogP contribution in [0.25, 0.3) is 16.9 Å². The number of aryl methyl sites for hydroxylation is 1. The van der Waals surface area contributed by atoms with Crippen molar-refractivity contribution in [2.75, 3.05) is 11.9 Å². The first-order valence-electron chi connectivity index (χ1n) is 12.2. The molecule has 204 valence electrons. The fraction of sp³-hybridized carbons (Fsp3) is 0.296. The van der Waals surface area contributed by atoms with Gasteiger partial charge >= 0.3 is 6.18 Å². The lowest BCUT2D eigenvalue weighted by atomic mass is 10.0. The molecule has 2 aromatic heterocycles. The maximum atomic E-state index is 14.4. The van der Waals surface area contributed by atoms with Crippen LogP contribution < -0.4 is 10.6 Å². The number of hydrogen-bond donors (Lipinski definition) is 3. The highest BCUT2D eigenvalue weighted by Gasteiger charge is 2.27. The van der Waals surface area contributed by atoms with Crippen molar-refractivity contribution in [3.05, 3.63) is 82.7 Å². The van der Waals surface area contributed by atoms with Gasteiger partial charge < -0.3 is 15.7 Å². The van der Waals surface area contributed by atoms with Crippen molar-refractivity contribution in [1.82, 2.24) is 19.9 Å². The van der Waals surface area contributed by atoms with Crippen LogP contribution in [0.15, 0.2) is 48.7 Å². The van der Waals surface area contributed by atoms with Gasteiger partial charge in [-0.15, -0.1) is 0 Å². The fourth-order valence-corrected chi connectivity index (χ4v) is 4.24. The second-order valence-corrected chi connectivity index (χ2v) is 9.50. The van der Waals surface area contributed by atoms with E-state index in [1.165, 1.54) is 16.8 Å².